The number of urea groups is 1. The summed E-state index contributed by atoms with van der Waals surface area (Å²) in [6, 6.07) is 7.03. The van der Waals surface area contributed by atoms with Crippen LogP contribution in [0.25, 0.3) is 22.2 Å². The van der Waals surface area contributed by atoms with Crippen LogP contribution in [0.15, 0.2) is 41.3 Å². The minimum atomic E-state index is -0.628. The lowest BCUT2D eigenvalue weighted by atomic mass is 9.92. The zero-order valence-electron chi connectivity index (χ0n) is 21.8. The normalized spacial score (nSPS) is 11.5. The van der Waals surface area contributed by atoms with Gasteiger partial charge in [-0.1, -0.05) is 26.8 Å². The van der Waals surface area contributed by atoms with E-state index in [2.05, 4.69) is 31.0 Å². The fourth-order valence-corrected chi connectivity index (χ4v) is 3.96. The van der Waals surface area contributed by atoms with E-state index in [4.69, 9.17) is 0 Å². The van der Waals surface area contributed by atoms with Gasteiger partial charge in [0.05, 0.1) is 11.4 Å². The Hall–Kier alpha value is -4.28. The molecule has 3 aromatic heterocycles. The highest BCUT2D eigenvalue weighted by atomic mass is 19.1. The van der Waals surface area contributed by atoms with Crippen molar-refractivity contribution in [3.8, 4) is 11.1 Å². The molecule has 10 nitrogen and oxygen atoms in total. The summed E-state index contributed by atoms with van der Waals surface area (Å²) >= 11 is 0. The number of amides is 2. The van der Waals surface area contributed by atoms with Gasteiger partial charge in [0.1, 0.15) is 17.3 Å². The number of aryl methyl sites for hydroxylation is 2. The van der Waals surface area contributed by atoms with E-state index in [9.17, 15) is 14.0 Å². The topological polar surface area (TPSA) is 119 Å². The second-order valence-electron chi connectivity index (χ2n) is 9.58. The Morgan fingerprint density at radius 3 is 2.49 bits per heavy atom. The Morgan fingerprint density at radius 1 is 1.08 bits per heavy atom. The molecule has 0 aliphatic carbocycles. The Morgan fingerprint density at radius 2 is 1.84 bits per heavy atom. The van der Waals surface area contributed by atoms with Crippen LogP contribution >= 0.6 is 0 Å². The quantitative estimate of drug-likeness (QED) is 0.345. The Labute approximate surface area is 213 Å². The van der Waals surface area contributed by atoms with Crippen molar-refractivity contribution in [2.24, 2.45) is 0 Å². The van der Waals surface area contributed by atoms with Gasteiger partial charge in [0.15, 0.2) is 0 Å². The molecular weight excluding hydrogens is 475 g/mol. The molecule has 3 N–H and O–H groups in total. The van der Waals surface area contributed by atoms with Crippen molar-refractivity contribution in [2.75, 3.05) is 23.0 Å². The molecule has 11 heteroatoms. The van der Waals surface area contributed by atoms with Crippen molar-refractivity contribution in [3.63, 3.8) is 0 Å². The van der Waals surface area contributed by atoms with Gasteiger partial charge in [-0.2, -0.15) is 10.1 Å². The van der Waals surface area contributed by atoms with Crippen LogP contribution in [0.1, 0.15) is 40.3 Å². The molecule has 0 bridgehead atoms. The van der Waals surface area contributed by atoms with Gasteiger partial charge in [-0.25, -0.2) is 18.9 Å². The number of hydrogen-bond acceptors (Lipinski definition) is 6. The van der Waals surface area contributed by atoms with Gasteiger partial charge < -0.3 is 10.6 Å². The Kier molecular flexibility index (Phi) is 6.97. The van der Waals surface area contributed by atoms with E-state index in [1.54, 1.807) is 30.1 Å². The highest BCUT2D eigenvalue weighted by molar-refractivity contribution is 5.99. The van der Waals surface area contributed by atoms with E-state index in [0.717, 1.165) is 5.69 Å². The van der Waals surface area contributed by atoms with Crippen molar-refractivity contribution in [2.45, 2.75) is 53.1 Å². The molecule has 0 radical (unpaired) electrons. The van der Waals surface area contributed by atoms with Crippen molar-refractivity contribution in [3.05, 3.63) is 58.4 Å². The van der Waals surface area contributed by atoms with E-state index in [1.807, 2.05) is 34.6 Å². The molecule has 37 heavy (non-hydrogen) atoms. The zero-order valence-corrected chi connectivity index (χ0v) is 21.8. The first-order valence-electron chi connectivity index (χ1n) is 12.1. The number of carbonyl (C=O) groups is 1. The lowest BCUT2D eigenvalue weighted by Crippen LogP contribution is -2.23. The van der Waals surface area contributed by atoms with E-state index in [-0.39, 0.29) is 16.7 Å². The molecule has 0 fully saturated rings. The molecule has 4 aromatic rings. The zero-order chi connectivity index (χ0) is 26.9. The SMILES string of the molecule is CCn1nc(C(C)(C)C)cc1NC(=O)Nc1cc(-c2cc3cnc(NC)nc3n(CC)c2=O)ccc1F. The first kappa shape index (κ1) is 25.8. The summed E-state index contributed by atoms with van der Waals surface area (Å²) in [7, 11) is 1.70. The molecule has 3 heterocycles. The summed E-state index contributed by atoms with van der Waals surface area (Å²) in [5.74, 6) is 0.278. The monoisotopic (exact) mass is 506 g/mol. The van der Waals surface area contributed by atoms with Gasteiger partial charge in [-0.3, -0.25) is 14.7 Å². The number of anilines is 3. The summed E-state index contributed by atoms with van der Waals surface area (Å²) in [5.41, 5.74) is 1.59. The number of carbonyl (C=O) groups excluding carboxylic acids is 1. The lowest BCUT2D eigenvalue weighted by Gasteiger charge is -2.13. The number of halogens is 1. The largest absolute Gasteiger partial charge is 0.357 e. The average molecular weight is 507 g/mol. The molecule has 0 saturated heterocycles. The number of fused-ring (bicyclic) bond motifs is 1. The highest BCUT2D eigenvalue weighted by Crippen LogP contribution is 2.27. The fourth-order valence-electron chi connectivity index (χ4n) is 3.96. The predicted octanol–water partition coefficient (Wildman–Crippen LogP) is 4.82. The van der Waals surface area contributed by atoms with Crippen LogP contribution in [0, 0.1) is 5.82 Å². The van der Waals surface area contributed by atoms with Gasteiger partial charge in [-0.05, 0) is 37.6 Å². The fraction of sp³-hybridized carbons (Fsp3) is 0.346. The Bertz CT molecular complexity index is 1530. The van der Waals surface area contributed by atoms with Gasteiger partial charge in [0.2, 0.25) is 5.95 Å². The second kappa shape index (κ2) is 10.00. The number of hydrogen-bond donors (Lipinski definition) is 3. The maximum absolute atomic E-state index is 14.7. The predicted molar refractivity (Wildman–Crippen MR) is 144 cm³/mol. The number of aromatic nitrogens is 5. The molecule has 4 rings (SSSR count). The van der Waals surface area contributed by atoms with E-state index in [0.29, 0.717) is 47.0 Å². The summed E-state index contributed by atoms with van der Waals surface area (Å²) in [6.07, 6.45) is 1.63. The van der Waals surface area contributed by atoms with Gasteiger partial charge in [-0.15, -0.1) is 0 Å². The first-order chi connectivity index (χ1) is 17.5. The molecule has 2 amide bonds. The van der Waals surface area contributed by atoms with Crippen LogP contribution < -0.4 is 21.5 Å². The number of nitrogens with zero attached hydrogens (tertiary/aromatic N) is 5. The molecule has 0 aliphatic rings. The van der Waals surface area contributed by atoms with Gasteiger partial charge in [0.25, 0.3) is 5.56 Å². The van der Waals surface area contributed by atoms with Crippen LogP contribution in [0.3, 0.4) is 0 Å². The number of benzene rings is 1. The second-order valence-corrected chi connectivity index (χ2v) is 9.58. The maximum Gasteiger partial charge on any atom is 0.324 e. The molecule has 0 aliphatic heterocycles. The molecule has 0 unspecified atom stereocenters. The standard InChI is InChI=1S/C26H31FN8O2/c1-7-34-22-16(14-29-24(28-6)32-22)11-17(23(34)36)15-9-10-18(27)19(12-15)30-25(37)31-21-13-20(26(3,4)5)33-35(21)8-2/h9-14H,7-8H2,1-6H3,(H,28,29,32)(H2,30,31,37). The third-order valence-electron chi connectivity index (χ3n) is 5.98. The van der Waals surface area contributed by atoms with Crippen LogP contribution in [0.2, 0.25) is 0 Å². The van der Waals surface area contributed by atoms with Crippen molar-refractivity contribution in [1.82, 2.24) is 24.3 Å². The highest BCUT2D eigenvalue weighted by Gasteiger charge is 2.21. The summed E-state index contributed by atoms with van der Waals surface area (Å²) < 4.78 is 17.9. The number of rotatable bonds is 6. The van der Waals surface area contributed by atoms with E-state index >= 15 is 0 Å². The third kappa shape index (κ3) is 5.16. The molecule has 0 atom stereocenters. The third-order valence-corrected chi connectivity index (χ3v) is 5.98. The first-order valence-corrected chi connectivity index (χ1v) is 12.1. The molecule has 194 valence electrons. The van der Waals surface area contributed by atoms with E-state index < -0.39 is 11.8 Å². The van der Waals surface area contributed by atoms with Crippen molar-refractivity contribution in [1.29, 1.82) is 0 Å². The molecule has 1 aromatic carbocycles. The van der Waals surface area contributed by atoms with Crippen molar-refractivity contribution >= 4 is 34.5 Å². The van der Waals surface area contributed by atoms with Crippen molar-refractivity contribution < 1.29 is 9.18 Å². The number of pyridine rings is 1. The van der Waals surface area contributed by atoms with Crippen LogP contribution in [0.4, 0.5) is 26.6 Å². The summed E-state index contributed by atoms with van der Waals surface area (Å²) in [4.78, 5) is 34.7. The van der Waals surface area contributed by atoms with Crippen LogP contribution in [-0.2, 0) is 18.5 Å². The minimum absolute atomic E-state index is 0.0575. The molecular formula is C26H31FN8O2. The Balaban J connectivity index is 1.67. The smallest absolute Gasteiger partial charge is 0.324 e. The number of nitrogens with one attached hydrogen (secondary N) is 3. The van der Waals surface area contributed by atoms with Crippen LogP contribution in [0.5, 0.6) is 0 Å². The lowest BCUT2D eigenvalue weighted by molar-refractivity contribution is 0.262. The average Bonchev–Trinajstić information content (AvgIpc) is 3.28. The minimum Gasteiger partial charge on any atom is -0.357 e. The molecule has 0 saturated carbocycles. The van der Waals surface area contributed by atoms with Gasteiger partial charge >= 0.3 is 6.03 Å². The van der Waals surface area contributed by atoms with Crippen LogP contribution in [-0.4, -0.2) is 37.4 Å². The summed E-state index contributed by atoms with van der Waals surface area (Å²) in [5, 5.41) is 13.4. The van der Waals surface area contributed by atoms with E-state index in [1.165, 1.54) is 22.8 Å². The van der Waals surface area contributed by atoms with Gasteiger partial charge in [0, 0.05) is 48.8 Å². The summed E-state index contributed by atoms with van der Waals surface area (Å²) in [6.45, 7) is 10.8. The maximum atomic E-state index is 14.7. The molecule has 0 spiro atoms.